The first-order valence-corrected chi connectivity index (χ1v) is 6.83. The molecule has 1 heterocycles. The highest BCUT2D eigenvalue weighted by atomic mass is 16.7. The molecule has 0 spiro atoms. The molecule has 0 aliphatic carbocycles. The largest absolute Gasteiger partial charge is 0.497 e. The zero-order valence-electron chi connectivity index (χ0n) is 13.0. The Morgan fingerprint density at radius 3 is 2.29 bits per heavy atom. The second-order valence-electron chi connectivity index (χ2n) is 6.18. The summed E-state index contributed by atoms with van der Waals surface area (Å²) in [4.78, 5) is 11.3. The molecule has 5 nitrogen and oxygen atoms in total. The molecule has 0 aromatic heterocycles. The summed E-state index contributed by atoms with van der Waals surface area (Å²) in [7, 11) is -0.620. The molecule has 0 unspecified atom stereocenters. The van der Waals surface area contributed by atoms with Crippen molar-refractivity contribution in [2.75, 3.05) is 5.32 Å². The fourth-order valence-corrected chi connectivity index (χ4v) is 2.10. The Labute approximate surface area is 125 Å². The lowest BCUT2D eigenvalue weighted by molar-refractivity contribution is -0.114. The predicted molar refractivity (Wildman–Crippen MR) is 81.2 cm³/mol. The minimum atomic E-state index is -0.620. The third kappa shape index (κ3) is 2.94. The van der Waals surface area contributed by atoms with E-state index in [1.807, 2.05) is 27.7 Å². The summed E-state index contributed by atoms with van der Waals surface area (Å²) in [6, 6.07) is 7.12. The lowest BCUT2D eigenvalue weighted by Crippen LogP contribution is -2.41. The molecule has 1 aliphatic rings. The van der Waals surface area contributed by atoms with Gasteiger partial charge in [-0.3, -0.25) is 4.79 Å². The molecule has 0 radical (unpaired) electrons. The standard InChI is InChI=1S/C15H19BN2O3/c1-10(19)18-13-7-6-11(9-17)8-12(13)16-20-14(2,3)15(4,5)21-16/h6-8H,1-5H3,(H,18,19). The SMILES string of the molecule is CC(=O)Nc1ccc(C#N)cc1B1OC(C)(C)C(C)(C)O1. The number of carbonyl (C=O) groups is 1. The van der Waals surface area contributed by atoms with Crippen LogP contribution in [0.3, 0.4) is 0 Å². The second kappa shape index (κ2) is 5.17. The van der Waals surface area contributed by atoms with Gasteiger partial charge in [0.2, 0.25) is 5.91 Å². The minimum absolute atomic E-state index is 0.183. The van der Waals surface area contributed by atoms with Crippen molar-refractivity contribution in [3.05, 3.63) is 23.8 Å². The van der Waals surface area contributed by atoms with Gasteiger partial charge in [0.15, 0.2) is 0 Å². The maximum atomic E-state index is 11.3. The van der Waals surface area contributed by atoms with Crippen molar-refractivity contribution in [2.45, 2.75) is 45.8 Å². The number of hydrogen-bond acceptors (Lipinski definition) is 4. The average molecular weight is 286 g/mol. The van der Waals surface area contributed by atoms with Gasteiger partial charge in [-0.15, -0.1) is 0 Å². The lowest BCUT2D eigenvalue weighted by Gasteiger charge is -2.32. The predicted octanol–water partition coefficient (Wildman–Crippen LogP) is 1.82. The van der Waals surface area contributed by atoms with Crippen molar-refractivity contribution in [3.8, 4) is 6.07 Å². The van der Waals surface area contributed by atoms with Gasteiger partial charge >= 0.3 is 7.12 Å². The van der Waals surface area contributed by atoms with Gasteiger partial charge in [0.1, 0.15) is 0 Å². The van der Waals surface area contributed by atoms with Crippen LogP contribution in [0.15, 0.2) is 18.2 Å². The van der Waals surface area contributed by atoms with E-state index in [-0.39, 0.29) is 5.91 Å². The number of carbonyl (C=O) groups excluding carboxylic acids is 1. The summed E-state index contributed by atoms with van der Waals surface area (Å²) in [6.45, 7) is 9.27. The van der Waals surface area contributed by atoms with Crippen LogP contribution in [0.5, 0.6) is 0 Å². The van der Waals surface area contributed by atoms with Crippen molar-refractivity contribution in [1.29, 1.82) is 5.26 Å². The summed E-state index contributed by atoms with van der Waals surface area (Å²) in [6.07, 6.45) is 0. The third-order valence-corrected chi connectivity index (χ3v) is 4.00. The monoisotopic (exact) mass is 286 g/mol. The number of rotatable bonds is 2. The van der Waals surface area contributed by atoms with Crippen molar-refractivity contribution in [1.82, 2.24) is 0 Å². The van der Waals surface area contributed by atoms with Crippen LogP contribution in [0.1, 0.15) is 40.2 Å². The molecule has 6 heteroatoms. The highest BCUT2D eigenvalue weighted by Crippen LogP contribution is 2.37. The topological polar surface area (TPSA) is 71.4 Å². The Hall–Kier alpha value is -1.84. The van der Waals surface area contributed by atoms with Crippen molar-refractivity contribution in [3.63, 3.8) is 0 Å². The number of amides is 1. The molecule has 1 fully saturated rings. The zero-order valence-corrected chi connectivity index (χ0v) is 13.0. The summed E-state index contributed by atoms with van der Waals surface area (Å²) in [5, 5.41) is 11.8. The number of anilines is 1. The molecular formula is C15H19BN2O3. The van der Waals surface area contributed by atoms with Crippen LogP contribution in [-0.2, 0) is 14.1 Å². The normalized spacial score (nSPS) is 19.1. The van der Waals surface area contributed by atoms with Gasteiger partial charge in [0.05, 0.1) is 22.8 Å². The molecule has 1 aromatic carbocycles. The molecule has 0 saturated carbocycles. The number of benzene rings is 1. The van der Waals surface area contributed by atoms with Crippen molar-refractivity contribution in [2.24, 2.45) is 0 Å². The van der Waals surface area contributed by atoms with E-state index in [0.717, 1.165) is 0 Å². The van der Waals surface area contributed by atoms with Crippen LogP contribution in [0.2, 0.25) is 0 Å². The van der Waals surface area contributed by atoms with E-state index in [1.54, 1.807) is 18.2 Å². The molecule has 0 bridgehead atoms. The van der Waals surface area contributed by atoms with Crippen LogP contribution in [-0.4, -0.2) is 24.2 Å². The van der Waals surface area contributed by atoms with Crippen LogP contribution >= 0.6 is 0 Å². The number of nitriles is 1. The molecular weight excluding hydrogens is 267 g/mol. The maximum absolute atomic E-state index is 11.3. The molecule has 1 N–H and O–H groups in total. The molecule has 2 rings (SSSR count). The van der Waals surface area contributed by atoms with E-state index in [4.69, 9.17) is 14.6 Å². The van der Waals surface area contributed by atoms with E-state index < -0.39 is 18.3 Å². The van der Waals surface area contributed by atoms with E-state index in [2.05, 4.69) is 11.4 Å². The van der Waals surface area contributed by atoms with Gasteiger partial charge in [0, 0.05) is 18.1 Å². The van der Waals surface area contributed by atoms with Crippen molar-refractivity contribution >= 4 is 24.2 Å². The molecule has 1 aliphatic heterocycles. The van der Waals surface area contributed by atoms with Gasteiger partial charge in [-0.2, -0.15) is 5.26 Å². The molecule has 0 atom stereocenters. The first-order valence-electron chi connectivity index (χ1n) is 6.83. The minimum Gasteiger partial charge on any atom is -0.399 e. The Balaban J connectivity index is 2.43. The van der Waals surface area contributed by atoms with Gasteiger partial charge in [-0.05, 0) is 45.9 Å². The fourth-order valence-electron chi connectivity index (χ4n) is 2.10. The third-order valence-electron chi connectivity index (χ3n) is 4.00. The number of nitrogens with zero attached hydrogens (tertiary/aromatic N) is 1. The van der Waals surface area contributed by atoms with Crippen molar-refractivity contribution < 1.29 is 14.1 Å². The summed E-state index contributed by atoms with van der Waals surface area (Å²) < 4.78 is 12.0. The molecule has 1 amide bonds. The van der Waals surface area contributed by atoms with Gasteiger partial charge < -0.3 is 14.6 Å². The van der Waals surface area contributed by atoms with E-state index in [0.29, 0.717) is 16.7 Å². The maximum Gasteiger partial charge on any atom is 0.497 e. The van der Waals surface area contributed by atoms with E-state index in [9.17, 15) is 4.79 Å². The smallest absolute Gasteiger partial charge is 0.399 e. The van der Waals surface area contributed by atoms with E-state index >= 15 is 0 Å². The summed E-state index contributed by atoms with van der Waals surface area (Å²) in [5.74, 6) is -0.183. The van der Waals surface area contributed by atoms with Gasteiger partial charge in [-0.1, -0.05) is 0 Å². The Morgan fingerprint density at radius 2 is 1.81 bits per heavy atom. The molecule has 110 valence electrons. The average Bonchev–Trinajstić information content (AvgIpc) is 2.58. The quantitative estimate of drug-likeness (QED) is 0.842. The van der Waals surface area contributed by atoms with Crippen LogP contribution in [0, 0.1) is 11.3 Å². The van der Waals surface area contributed by atoms with Crippen LogP contribution in [0.25, 0.3) is 0 Å². The van der Waals surface area contributed by atoms with Crippen LogP contribution in [0.4, 0.5) is 5.69 Å². The fraction of sp³-hybridized carbons (Fsp3) is 0.467. The first-order chi connectivity index (χ1) is 9.66. The second-order valence-corrected chi connectivity index (χ2v) is 6.18. The van der Waals surface area contributed by atoms with E-state index in [1.165, 1.54) is 6.92 Å². The highest BCUT2D eigenvalue weighted by Gasteiger charge is 2.52. The van der Waals surface area contributed by atoms with Crippen LogP contribution < -0.4 is 10.8 Å². The lowest BCUT2D eigenvalue weighted by atomic mass is 9.77. The Kier molecular flexibility index (Phi) is 3.83. The zero-order chi connectivity index (χ0) is 15.8. The summed E-state index contributed by atoms with van der Waals surface area (Å²) in [5.41, 5.74) is 0.790. The first kappa shape index (κ1) is 15.6. The van der Waals surface area contributed by atoms with Gasteiger partial charge in [-0.25, -0.2) is 0 Å². The Morgan fingerprint density at radius 1 is 1.24 bits per heavy atom. The Bertz CT molecular complexity index is 604. The molecule has 1 aromatic rings. The van der Waals surface area contributed by atoms with Gasteiger partial charge in [0.25, 0.3) is 0 Å². The summed E-state index contributed by atoms with van der Waals surface area (Å²) >= 11 is 0. The number of nitrogens with one attached hydrogen (secondary N) is 1. The molecule has 21 heavy (non-hydrogen) atoms. The highest BCUT2D eigenvalue weighted by molar-refractivity contribution is 6.64. The molecule has 1 saturated heterocycles. The number of hydrogen-bond donors (Lipinski definition) is 1.